The number of rotatable bonds is 2. The molecule has 0 radical (unpaired) electrons. The highest BCUT2D eigenvalue weighted by molar-refractivity contribution is 5.78. The Bertz CT molecular complexity index is 988. The number of pyridine rings is 2. The topological polar surface area (TPSA) is 63.6 Å². The predicted octanol–water partition coefficient (Wildman–Crippen LogP) is 2.78. The molecule has 1 N–H and O–H groups in total. The molecule has 0 atom stereocenters. The maximum absolute atomic E-state index is 12.5. The number of hydrogen-bond donors (Lipinski definition) is 1. The van der Waals surface area contributed by atoms with Crippen molar-refractivity contribution in [2.45, 2.75) is 0 Å². The highest BCUT2D eigenvalue weighted by Crippen LogP contribution is 2.18. The molecule has 3 aromatic heterocycles. The van der Waals surface area contributed by atoms with Gasteiger partial charge in [-0.3, -0.25) is 14.9 Å². The Morgan fingerprint density at radius 2 is 1.82 bits per heavy atom. The lowest BCUT2D eigenvalue weighted by Gasteiger charge is -1.99. The van der Waals surface area contributed by atoms with Crippen LogP contribution in [0.2, 0.25) is 0 Å². The smallest absolute Gasteiger partial charge is 0.274 e. The fourth-order valence-corrected chi connectivity index (χ4v) is 2.43. The van der Waals surface area contributed by atoms with E-state index in [4.69, 9.17) is 0 Å². The Labute approximate surface area is 125 Å². The van der Waals surface area contributed by atoms with Crippen molar-refractivity contribution < 1.29 is 0 Å². The molecule has 5 heteroatoms. The monoisotopic (exact) mass is 288 g/mol. The van der Waals surface area contributed by atoms with Gasteiger partial charge in [0, 0.05) is 18.0 Å². The van der Waals surface area contributed by atoms with E-state index < -0.39 is 0 Å². The quantitative estimate of drug-likeness (QED) is 0.617. The summed E-state index contributed by atoms with van der Waals surface area (Å²) in [5, 5.41) is 3.63. The first-order valence-corrected chi connectivity index (χ1v) is 6.90. The van der Waals surface area contributed by atoms with Crippen LogP contribution in [-0.2, 0) is 0 Å². The van der Waals surface area contributed by atoms with Crippen LogP contribution in [0.4, 0.5) is 0 Å². The van der Waals surface area contributed by atoms with E-state index in [9.17, 15) is 4.79 Å². The summed E-state index contributed by atoms with van der Waals surface area (Å²) < 4.78 is 1.50. The minimum absolute atomic E-state index is 0.105. The summed E-state index contributed by atoms with van der Waals surface area (Å²) in [5.41, 5.74) is 2.94. The average molecular weight is 288 g/mol. The number of H-pyrrole nitrogens is 1. The van der Waals surface area contributed by atoms with E-state index in [1.54, 1.807) is 18.5 Å². The molecular formula is C17H12N4O. The van der Waals surface area contributed by atoms with Gasteiger partial charge in [0.1, 0.15) is 0 Å². The van der Waals surface area contributed by atoms with E-state index in [0.29, 0.717) is 11.0 Å². The van der Waals surface area contributed by atoms with Gasteiger partial charge in [-0.15, -0.1) is 0 Å². The van der Waals surface area contributed by atoms with E-state index >= 15 is 0 Å². The van der Waals surface area contributed by atoms with Gasteiger partial charge in [-0.1, -0.05) is 18.2 Å². The molecule has 5 nitrogen and oxygen atoms in total. The fourth-order valence-electron chi connectivity index (χ4n) is 2.43. The molecule has 4 rings (SSSR count). The van der Waals surface area contributed by atoms with Crippen LogP contribution in [0.15, 0.2) is 71.8 Å². The van der Waals surface area contributed by atoms with Crippen molar-refractivity contribution in [3.63, 3.8) is 0 Å². The average Bonchev–Trinajstić information content (AvgIpc) is 2.93. The first-order chi connectivity index (χ1) is 10.8. The molecule has 0 saturated heterocycles. The molecule has 22 heavy (non-hydrogen) atoms. The lowest BCUT2D eigenvalue weighted by Crippen LogP contribution is -2.13. The summed E-state index contributed by atoms with van der Waals surface area (Å²) >= 11 is 0. The van der Waals surface area contributed by atoms with Gasteiger partial charge in [-0.2, -0.15) is 0 Å². The molecule has 0 fully saturated rings. The highest BCUT2D eigenvalue weighted by Gasteiger charge is 2.10. The largest absolute Gasteiger partial charge is 0.280 e. The molecule has 3 heterocycles. The summed E-state index contributed by atoms with van der Waals surface area (Å²) in [5.74, 6) is 0. The third-order valence-electron chi connectivity index (χ3n) is 3.52. The lowest BCUT2D eigenvalue weighted by molar-refractivity contribution is 0.859. The van der Waals surface area contributed by atoms with E-state index in [0.717, 1.165) is 16.9 Å². The first-order valence-electron chi connectivity index (χ1n) is 6.90. The molecular weight excluding hydrogens is 276 g/mol. The minimum Gasteiger partial charge on any atom is -0.274 e. The van der Waals surface area contributed by atoms with Crippen molar-refractivity contribution in [2.75, 3.05) is 0 Å². The van der Waals surface area contributed by atoms with Crippen LogP contribution in [0.3, 0.4) is 0 Å². The molecule has 0 amide bonds. The number of nitrogens with one attached hydrogen (secondary N) is 1. The Morgan fingerprint density at radius 1 is 0.955 bits per heavy atom. The van der Waals surface area contributed by atoms with Crippen LogP contribution >= 0.6 is 0 Å². The Kier molecular flexibility index (Phi) is 2.83. The van der Waals surface area contributed by atoms with Gasteiger partial charge in [0.2, 0.25) is 0 Å². The minimum atomic E-state index is -0.105. The number of nitrogens with zero attached hydrogens (tertiary/aromatic N) is 3. The van der Waals surface area contributed by atoms with Crippen molar-refractivity contribution in [3.8, 4) is 16.9 Å². The number of fused-ring (bicyclic) bond motifs is 1. The van der Waals surface area contributed by atoms with Crippen LogP contribution in [0.25, 0.3) is 28.0 Å². The van der Waals surface area contributed by atoms with Crippen molar-refractivity contribution in [2.24, 2.45) is 0 Å². The zero-order chi connectivity index (χ0) is 14.9. The lowest BCUT2D eigenvalue weighted by atomic mass is 10.2. The van der Waals surface area contributed by atoms with Crippen molar-refractivity contribution in [3.05, 3.63) is 77.3 Å². The maximum atomic E-state index is 12.5. The van der Waals surface area contributed by atoms with E-state index in [2.05, 4.69) is 15.1 Å². The van der Waals surface area contributed by atoms with Crippen LogP contribution in [0, 0.1) is 0 Å². The first kappa shape index (κ1) is 12.5. The molecule has 0 spiro atoms. The predicted molar refractivity (Wildman–Crippen MR) is 84.9 cm³/mol. The zero-order valence-electron chi connectivity index (χ0n) is 11.6. The Balaban J connectivity index is 1.90. The molecule has 0 bridgehead atoms. The number of aromatic nitrogens is 4. The number of benzene rings is 1. The molecule has 106 valence electrons. The van der Waals surface area contributed by atoms with Crippen LogP contribution in [0.1, 0.15) is 0 Å². The summed E-state index contributed by atoms with van der Waals surface area (Å²) in [7, 11) is 0. The number of aromatic amines is 1. The van der Waals surface area contributed by atoms with Gasteiger partial charge in [-0.25, -0.2) is 9.67 Å². The molecule has 0 aliphatic carbocycles. The zero-order valence-corrected chi connectivity index (χ0v) is 11.6. The Hall–Kier alpha value is -3.21. The molecule has 0 saturated carbocycles. The van der Waals surface area contributed by atoms with Crippen LogP contribution in [0.5, 0.6) is 0 Å². The SMILES string of the molecule is O=c1c2ccc(-c3cccnc3)nc2[nH]n1-c1ccccc1. The van der Waals surface area contributed by atoms with Crippen molar-refractivity contribution in [1.29, 1.82) is 0 Å². The van der Waals surface area contributed by atoms with Gasteiger partial charge in [0.05, 0.1) is 16.8 Å². The molecule has 4 aromatic rings. The fraction of sp³-hybridized carbons (Fsp3) is 0. The van der Waals surface area contributed by atoms with Gasteiger partial charge in [0.25, 0.3) is 5.56 Å². The van der Waals surface area contributed by atoms with Crippen LogP contribution in [-0.4, -0.2) is 19.7 Å². The van der Waals surface area contributed by atoms with Crippen LogP contribution < -0.4 is 5.56 Å². The summed E-state index contributed by atoms with van der Waals surface area (Å²) in [6.45, 7) is 0. The van der Waals surface area contributed by atoms with Gasteiger partial charge in [0.15, 0.2) is 5.65 Å². The van der Waals surface area contributed by atoms with Gasteiger partial charge in [-0.05, 0) is 36.4 Å². The third-order valence-corrected chi connectivity index (χ3v) is 3.52. The normalized spacial score (nSPS) is 10.9. The summed E-state index contributed by atoms with van der Waals surface area (Å²) in [6.07, 6.45) is 3.47. The summed E-state index contributed by atoms with van der Waals surface area (Å²) in [4.78, 5) is 21.1. The Morgan fingerprint density at radius 3 is 2.59 bits per heavy atom. The number of hydrogen-bond acceptors (Lipinski definition) is 3. The molecule has 1 aromatic carbocycles. The third kappa shape index (κ3) is 2.00. The second kappa shape index (κ2) is 4.96. The highest BCUT2D eigenvalue weighted by atomic mass is 16.1. The van der Waals surface area contributed by atoms with Gasteiger partial charge < -0.3 is 0 Å². The van der Waals surface area contributed by atoms with Gasteiger partial charge >= 0.3 is 0 Å². The standard InChI is InChI=1S/C17H12N4O/c22-17-14-8-9-15(12-5-4-10-18-11-12)19-16(14)20-21(17)13-6-2-1-3-7-13/h1-11H,(H,19,20). The van der Waals surface area contributed by atoms with E-state index in [1.807, 2.05) is 48.5 Å². The maximum Gasteiger partial charge on any atom is 0.280 e. The number of para-hydroxylation sites is 1. The summed E-state index contributed by atoms with van der Waals surface area (Å²) in [6, 6.07) is 16.9. The van der Waals surface area contributed by atoms with Crippen molar-refractivity contribution >= 4 is 11.0 Å². The second-order valence-electron chi connectivity index (χ2n) is 4.92. The molecule has 0 unspecified atom stereocenters. The second-order valence-corrected chi connectivity index (χ2v) is 4.92. The molecule has 0 aliphatic heterocycles. The van der Waals surface area contributed by atoms with Crippen molar-refractivity contribution in [1.82, 2.24) is 19.7 Å². The molecule has 0 aliphatic rings. The van der Waals surface area contributed by atoms with E-state index in [1.165, 1.54) is 4.68 Å². The van der Waals surface area contributed by atoms with E-state index in [-0.39, 0.29) is 5.56 Å².